The van der Waals surface area contributed by atoms with Crippen molar-refractivity contribution in [2.45, 2.75) is 58.6 Å². The van der Waals surface area contributed by atoms with Gasteiger partial charge in [0, 0.05) is 30.1 Å². The van der Waals surface area contributed by atoms with Crippen LogP contribution in [0.15, 0.2) is 18.3 Å². The fourth-order valence-electron chi connectivity index (χ4n) is 4.24. The van der Waals surface area contributed by atoms with Gasteiger partial charge in [0.2, 0.25) is 5.95 Å². The van der Waals surface area contributed by atoms with Crippen LogP contribution in [0.1, 0.15) is 58.1 Å². The number of amides is 1. The number of carbonyl (C=O) groups excluding carboxylic acids is 1. The Morgan fingerprint density at radius 1 is 1.19 bits per heavy atom. The number of hydrogen-bond acceptors (Lipinski definition) is 6. The number of fused-ring (bicyclic) bond motifs is 1. The fraction of sp³-hybridized carbons (Fsp3) is 0.500. The van der Waals surface area contributed by atoms with Gasteiger partial charge in [0.05, 0.1) is 5.56 Å². The predicted octanol–water partition coefficient (Wildman–Crippen LogP) is 5.44. The van der Waals surface area contributed by atoms with Gasteiger partial charge in [-0.1, -0.05) is 20.8 Å². The number of ether oxygens (including phenoxy) is 1. The predicted molar refractivity (Wildman–Crippen MR) is 111 cm³/mol. The third-order valence-corrected chi connectivity index (χ3v) is 5.98. The molecule has 31 heavy (non-hydrogen) atoms. The minimum Gasteiger partial charge on any atom is -0.503 e. The molecule has 0 spiro atoms. The first-order valence-corrected chi connectivity index (χ1v) is 10.6. The Morgan fingerprint density at radius 3 is 2.45 bits per heavy atom. The molecule has 0 bridgehead atoms. The van der Waals surface area contributed by atoms with Crippen molar-refractivity contribution in [2.75, 3.05) is 10.2 Å². The monoisotopic (exact) mass is 432 g/mol. The normalized spacial score (nSPS) is 23.5. The average molecular weight is 432 g/mol. The molecule has 1 saturated carbocycles. The number of rotatable bonds is 4. The van der Waals surface area contributed by atoms with Gasteiger partial charge in [0.25, 0.3) is 0 Å². The summed E-state index contributed by atoms with van der Waals surface area (Å²) in [5.74, 6) is -2.04. The second kappa shape index (κ2) is 8.28. The molecule has 1 aromatic heterocycles. The molecule has 1 atom stereocenters. The highest BCUT2D eigenvalue weighted by molar-refractivity contribution is 5.90. The molecule has 1 unspecified atom stereocenters. The number of benzene rings is 1. The second-order valence-electron chi connectivity index (χ2n) is 8.72. The van der Waals surface area contributed by atoms with Crippen LogP contribution in [0.25, 0.3) is 0 Å². The molecule has 2 aliphatic rings. The Kier molecular flexibility index (Phi) is 5.68. The number of anilines is 3. The number of cyclic esters (lactones) is 1. The van der Waals surface area contributed by atoms with Crippen molar-refractivity contribution in [3.05, 3.63) is 35.5 Å². The number of hydrogen-bond donors (Lipinski definition) is 2. The molecule has 7 nitrogen and oxygen atoms in total. The standard InChI is InChI=1S/C22H26F2N4O3/c1-11(2)19-15-10-25-21(26-13-8-16(23)18(29)17(24)9-13)27-20(15)28(22(30)31-19)14-6-4-12(3)5-7-14/h8-12,14,19,29H,4-7H2,1-3H3,(H,25,26,27). The van der Waals surface area contributed by atoms with Crippen molar-refractivity contribution in [1.29, 1.82) is 0 Å². The summed E-state index contributed by atoms with van der Waals surface area (Å²) in [6.45, 7) is 6.11. The molecule has 1 aliphatic carbocycles. The summed E-state index contributed by atoms with van der Waals surface area (Å²) in [5, 5.41) is 12.1. The molecule has 0 saturated heterocycles. The summed E-state index contributed by atoms with van der Waals surface area (Å²) < 4.78 is 33.1. The van der Waals surface area contributed by atoms with E-state index in [-0.39, 0.29) is 23.6 Å². The van der Waals surface area contributed by atoms with Crippen LogP contribution < -0.4 is 10.2 Å². The maximum absolute atomic E-state index is 13.7. The minimum atomic E-state index is -1.10. The molecule has 166 valence electrons. The number of nitrogens with zero attached hydrogens (tertiary/aromatic N) is 3. The van der Waals surface area contributed by atoms with Crippen LogP contribution in [-0.2, 0) is 4.74 Å². The van der Waals surface area contributed by atoms with E-state index in [1.54, 1.807) is 11.1 Å². The summed E-state index contributed by atoms with van der Waals surface area (Å²) in [5.41, 5.74) is 0.756. The molecule has 1 fully saturated rings. The van der Waals surface area contributed by atoms with Crippen molar-refractivity contribution < 1.29 is 23.4 Å². The smallest absolute Gasteiger partial charge is 0.416 e. The van der Waals surface area contributed by atoms with Gasteiger partial charge in [0.1, 0.15) is 6.10 Å². The average Bonchev–Trinajstić information content (AvgIpc) is 2.72. The van der Waals surface area contributed by atoms with Gasteiger partial charge in [-0.05, 0) is 37.5 Å². The van der Waals surface area contributed by atoms with Crippen LogP contribution in [-0.4, -0.2) is 27.2 Å². The van der Waals surface area contributed by atoms with Crippen LogP contribution >= 0.6 is 0 Å². The van der Waals surface area contributed by atoms with E-state index in [0.29, 0.717) is 17.3 Å². The van der Waals surface area contributed by atoms with Crippen molar-refractivity contribution in [3.63, 3.8) is 0 Å². The zero-order valence-corrected chi connectivity index (χ0v) is 17.7. The molecule has 2 N–H and O–H groups in total. The summed E-state index contributed by atoms with van der Waals surface area (Å²) in [7, 11) is 0. The molecule has 4 rings (SSSR count). The van der Waals surface area contributed by atoms with E-state index in [9.17, 15) is 18.7 Å². The topological polar surface area (TPSA) is 87.6 Å². The van der Waals surface area contributed by atoms with Crippen molar-refractivity contribution in [2.24, 2.45) is 11.8 Å². The second-order valence-corrected chi connectivity index (χ2v) is 8.72. The fourth-order valence-corrected chi connectivity index (χ4v) is 4.24. The minimum absolute atomic E-state index is 0.0260. The quantitative estimate of drug-likeness (QED) is 0.626. The van der Waals surface area contributed by atoms with Gasteiger partial charge in [0.15, 0.2) is 23.2 Å². The summed E-state index contributed by atoms with van der Waals surface area (Å²) in [6.07, 6.45) is 4.41. The van der Waals surface area contributed by atoms with Crippen LogP contribution in [0, 0.1) is 23.5 Å². The molecule has 0 radical (unpaired) electrons. The van der Waals surface area contributed by atoms with Gasteiger partial charge in [-0.2, -0.15) is 4.98 Å². The summed E-state index contributed by atoms with van der Waals surface area (Å²) in [6, 6.07) is 1.88. The Hall–Kier alpha value is -2.97. The summed E-state index contributed by atoms with van der Waals surface area (Å²) >= 11 is 0. The number of halogens is 2. The third kappa shape index (κ3) is 4.13. The van der Waals surface area contributed by atoms with E-state index < -0.39 is 29.6 Å². The Labute approximate surface area is 179 Å². The lowest BCUT2D eigenvalue weighted by Crippen LogP contribution is -2.47. The van der Waals surface area contributed by atoms with Crippen LogP contribution in [0.3, 0.4) is 0 Å². The molecule has 2 aromatic rings. The zero-order valence-electron chi connectivity index (χ0n) is 17.7. The largest absolute Gasteiger partial charge is 0.503 e. The lowest BCUT2D eigenvalue weighted by molar-refractivity contribution is 0.0657. The number of phenols is 1. The Bertz CT molecular complexity index is 970. The van der Waals surface area contributed by atoms with E-state index in [4.69, 9.17) is 4.74 Å². The maximum Gasteiger partial charge on any atom is 0.416 e. The molecular formula is C22H26F2N4O3. The van der Waals surface area contributed by atoms with E-state index in [2.05, 4.69) is 22.2 Å². The maximum atomic E-state index is 13.7. The van der Waals surface area contributed by atoms with Crippen molar-refractivity contribution >= 4 is 23.5 Å². The van der Waals surface area contributed by atoms with Crippen LogP contribution in [0.4, 0.5) is 31.0 Å². The highest BCUT2D eigenvalue weighted by Gasteiger charge is 2.40. The van der Waals surface area contributed by atoms with E-state index in [1.807, 2.05) is 13.8 Å². The van der Waals surface area contributed by atoms with Gasteiger partial charge < -0.3 is 15.2 Å². The first kappa shape index (κ1) is 21.3. The highest BCUT2D eigenvalue weighted by atomic mass is 19.1. The molecule has 9 heteroatoms. The van der Waals surface area contributed by atoms with Gasteiger partial charge >= 0.3 is 6.09 Å². The van der Waals surface area contributed by atoms with E-state index >= 15 is 0 Å². The number of carbonyl (C=O) groups is 1. The molecule has 2 heterocycles. The Morgan fingerprint density at radius 2 is 1.84 bits per heavy atom. The Balaban J connectivity index is 1.71. The first-order chi connectivity index (χ1) is 14.7. The highest BCUT2D eigenvalue weighted by Crippen LogP contribution is 2.41. The van der Waals surface area contributed by atoms with E-state index in [1.165, 1.54) is 0 Å². The number of aromatic hydroxyl groups is 1. The SMILES string of the molecule is CC1CCC(N2C(=O)OC(C(C)C)c3cnc(Nc4cc(F)c(O)c(F)c4)nc32)CC1. The summed E-state index contributed by atoms with van der Waals surface area (Å²) in [4.78, 5) is 23.4. The molecular weight excluding hydrogens is 406 g/mol. The first-order valence-electron chi connectivity index (χ1n) is 10.6. The third-order valence-electron chi connectivity index (χ3n) is 5.98. The number of phenolic OH excluding ortho intramolecular Hbond substituents is 1. The van der Waals surface area contributed by atoms with Gasteiger partial charge in [-0.25, -0.2) is 18.6 Å². The number of aromatic nitrogens is 2. The lowest BCUT2D eigenvalue weighted by Gasteiger charge is -2.40. The lowest BCUT2D eigenvalue weighted by atomic mass is 9.86. The van der Waals surface area contributed by atoms with Gasteiger partial charge in [-0.15, -0.1) is 0 Å². The van der Waals surface area contributed by atoms with Crippen LogP contribution in [0.2, 0.25) is 0 Å². The van der Waals surface area contributed by atoms with Crippen molar-refractivity contribution in [1.82, 2.24) is 9.97 Å². The van der Waals surface area contributed by atoms with E-state index in [0.717, 1.165) is 37.8 Å². The molecule has 1 amide bonds. The number of nitrogens with one attached hydrogen (secondary N) is 1. The van der Waals surface area contributed by atoms with Crippen molar-refractivity contribution in [3.8, 4) is 5.75 Å². The molecule has 1 aromatic carbocycles. The van der Waals surface area contributed by atoms with Gasteiger partial charge in [-0.3, -0.25) is 4.90 Å². The zero-order chi connectivity index (χ0) is 22.3. The molecule has 1 aliphatic heterocycles. The van der Waals surface area contributed by atoms with Crippen LogP contribution in [0.5, 0.6) is 5.75 Å².